The quantitative estimate of drug-likeness (QED) is 0.294. The number of benzene rings is 2. The number of amides is 1. The molecule has 1 fully saturated rings. The highest BCUT2D eigenvalue weighted by Crippen LogP contribution is 2.35. The lowest BCUT2D eigenvalue weighted by atomic mass is 9.89. The minimum atomic E-state index is -1.01. The molecule has 1 amide bonds. The first kappa shape index (κ1) is 27.4. The number of halogens is 2. The molecule has 1 saturated heterocycles. The summed E-state index contributed by atoms with van der Waals surface area (Å²) >= 11 is 12.5. The molecule has 0 aliphatic carbocycles. The van der Waals surface area contributed by atoms with Gasteiger partial charge in [0.15, 0.2) is 5.82 Å². The van der Waals surface area contributed by atoms with Crippen LogP contribution in [0, 0.1) is 0 Å². The zero-order valence-electron chi connectivity index (χ0n) is 20.7. The van der Waals surface area contributed by atoms with Gasteiger partial charge in [-0.05, 0) is 49.6 Å². The second-order valence-corrected chi connectivity index (χ2v) is 10.1. The molecule has 1 aliphatic heterocycles. The van der Waals surface area contributed by atoms with Crippen LogP contribution in [0.1, 0.15) is 25.3 Å². The van der Waals surface area contributed by atoms with E-state index in [0.29, 0.717) is 32.8 Å². The van der Waals surface area contributed by atoms with Crippen LogP contribution in [0.5, 0.6) is 0 Å². The standard InChI is InChI=1S/C27H28Cl2N6O3/c1-27(32-16-22(36)33-18-8-5-17(6-9-18)7-10-23(37)38)11-13-35(14-12-27)21-15-31-25(26(30)34-21)19-3-2-4-20(28)24(19)29/h2-10,15,32H,11-14,16H2,1H3,(H2,30,34)(H,33,36)(H,37,38)/b10-7+. The second kappa shape index (κ2) is 11.8. The Morgan fingerprint density at radius 3 is 2.53 bits per heavy atom. The number of carbonyl (C=O) groups is 2. The third-order valence-electron chi connectivity index (χ3n) is 6.47. The van der Waals surface area contributed by atoms with E-state index < -0.39 is 5.97 Å². The van der Waals surface area contributed by atoms with E-state index in [0.717, 1.165) is 37.6 Å². The summed E-state index contributed by atoms with van der Waals surface area (Å²) in [4.78, 5) is 34.3. The number of piperidine rings is 1. The van der Waals surface area contributed by atoms with Crippen molar-refractivity contribution >= 4 is 58.5 Å². The molecule has 0 unspecified atom stereocenters. The largest absolute Gasteiger partial charge is 0.478 e. The Hall–Kier alpha value is -3.66. The van der Waals surface area contributed by atoms with Gasteiger partial charge in [0.2, 0.25) is 5.91 Å². The molecule has 11 heteroatoms. The topological polar surface area (TPSA) is 133 Å². The number of nitrogen functional groups attached to an aromatic ring is 1. The molecule has 2 heterocycles. The van der Waals surface area contributed by atoms with E-state index in [1.54, 1.807) is 48.7 Å². The van der Waals surface area contributed by atoms with Crippen LogP contribution in [-0.4, -0.2) is 52.1 Å². The minimum absolute atomic E-state index is 0.156. The van der Waals surface area contributed by atoms with Crippen LogP contribution in [0.15, 0.2) is 54.7 Å². The number of nitrogens with one attached hydrogen (secondary N) is 2. The molecule has 0 bridgehead atoms. The molecule has 1 aromatic heterocycles. The summed E-state index contributed by atoms with van der Waals surface area (Å²) in [6, 6.07) is 12.2. The van der Waals surface area contributed by atoms with E-state index in [2.05, 4.69) is 32.4 Å². The molecule has 0 atom stereocenters. The molecule has 2 aromatic carbocycles. The SMILES string of the molecule is CC1(NCC(=O)Nc2ccc(/C=C/C(=O)O)cc2)CCN(c2cnc(-c3cccc(Cl)c3Cl)c(N)n2)CC1. The van der Waals surface area contributed by atoms with Crippen molar-refractivity contribution in [1.29, 1.82) is 0 Å². The summed E-state index contributed by atoms with van der Waals surface area (Å²) in [5.41, 5.74) is 8.51. The molecule has 0 saturated carbocycles. The van der Waals surface area contributed by atoms with Crippen LogP contribution in [0.3, 0.4) is 0 Å². The van der Waals surface area contributed by atoms with E-state index >= 15 is 0 Å². The summed E-state index contributed by atoms with van der Waals surface area (Å²) in [5.74, 6) is -0.204. The Balaban J connectivity index is 1.29. The number of rotatable bonds is 8. The van der Waals surface area contributed by atoms with Crippen molar-refractivity contribution in [3.63, 3.8) is 0 Å². The number of carboxylic acids is 1. The highest BCUT2D eigenvalue weighted by atomic mass is 35.5. The van der Waals surface area contributed by atoms with Gasteiger partial charge in [0.1, 0.15) is 11.5 Å². The predicted molar refractivity (Wildman–Crippen MR) is 151 cm³/mol. The fourth-order valence-corrected chi connectivity index (χ4v) is 4.58. The summed E-state index contributed by atoms with van der Waals surface area (Å²) in [7, 11) is 0. The van der Waals surface area contributed by atoms with Gasteiger partial charge in [0, 0.05) is 36.0 Å². The number of hydrogen-bond donors (Lipinski definition) is 4. The van der Waals surface area contributed by atoms with Crippen LogP contribution in [0.25, 0.3) is 17.3 Å². The number of aromatic nitrogens is 2. The Labute approximate surface area is 230 Å². The number of nitrogens with zero attached hydrogens (tertiary/aromatic N) is 3. The minimum Gasteiger partial charge on any atom is -0.478 e. The van der Waals surface area contributed by atoms with E-state index in [1.807, 2.05) is 0 Å². The van der Waals surface area contributed by atoms with Crippen LogP contribution in [0.4, 0.5) is 17.3 Å². The number of hydrogen-bond acceptors (Lipinski definition) is 7. The number of carboxylic acid groups (broad SMARTS) is 1. The molecule has 5 N–H and O–H groups in total. The van der Waals surface area contributed by atoms with Gasteiger partial charge in [-0.1, -0.05) is 47.5 Å². The van der Waals surface area contributed by atoms with Gasteiger partial charge < -0.3 is 26.4 Å². The smallest absolute Gasteiger partial charge is 0.328 e. The first-order chi connectivity index (χ1) is 18.1. The summed E-state index contributed by atoms with van der Waals surface area (Å²) < 4.78 is 0. The molecular weight excluding hydrogens is 527 g/mol. The molecule has 1 aliphatic rings. The Morgan fingerprint density at radius 1 is 1.16 bits per heavy atom. The zero-order valence-corrected chi connectivity index (χ0v) is 22.3. The van der Waals surface area contributed by atoms with Crippen molar-refractivity contribution in [1.82, 2.24) is 15.3 Å². The van der Waals surface area contributed by atoms with Crippen molar-refractivity contribution in [2.75, 3.05) is 35.6 Å². The van der Waals surface area contributed by atoms with Gasteiger partial charge in [-0.15, -0.1) is 0 Å². The summed E-state index contributed by atoms with van der Waals surface area (Å²) in [6.45, 7) is 3.72. The van der Waals surface area contributed by atoms with E-state index in [1.165, 1.54) is 6.08 Å². The highest BCUT2D eigenvalue weighted by Gasteiger charge is 2.31. The van der Waals surface area contributed by atoms with Crippen LogP contribution in [-0.2, 0) is 9.59 Å². The fourth-order valence-electron chi connectivity index (χ4n) is 4.19. The summed E-state index contributed by atoms with van der Waals surface area (Å²) in [5, 5.41) is 15.8. The summed E-state index contributed by atoms with van der Waals surface area (Å²) in [6.07, 6.45) is 5.85. The van der Waals surface area contributed by atoms with E-state index in [-0.39, 0.29) is 23.8 Å². The van der Waals surface area contributed by atoms with Crippen molar-refractivity contribution in [3.05, 3.63) is 70.3 Å². The fraction of sp³-hybridized carbons (Fsp3) is 0.259. The molecule has 9 nitrogen and oxygen atoms in total. The van der Waals surface area contributed by atoms with Crippen LogP contribution < -0.4 is 21.3 Å². The van der Waals surface area contributed by atoms with Gasteiger partial charge in [-0.2, -0.15) is 0 Å². The lowest BCUT2D eigenvalue weighted by Gasteiger charge is -2.40. The van der Waals surface area contributed by atoms with Crippen LogP contribution in [0.2, 0.25) is 10.0 Å². The second-order valence-electron chi connectivity index (χ2n) is 9.31. The number of nitrogens with two attached hydrogens (primary N) is 1. The lowest BCUT2D eigenvalue weighted by molar-refractivity contribution is -0.131. The normalized spacial score (nSPS) is 15.0. The number of aliphatic carboxylic acids is 1. The molecule has 0 spiro atoms. The van der Waals surface area contributed by atoms with Crippen molar-refractivity contribution in [2.24, 2.45) is 0 Å². The highest BCUT2D eigenvalue weighted by molar-refractivity contribution is 6.43. The Kier molecular flexibility index (Phi) is 8.51. The Bertz CT molecular complexity index is 1360. The first-order valence-electron chi connectivity index (χ1n) is 12.0. The molecule has 4 rings (SSSR count). The molecule has 3 aromatic rings. The predicted octanol–water partition coefficient (Wildman–Crippen LogP) is 4.72. The Morgan fingerprint density at radius 2 is 1.87 bits per heavy atom. The van der Waals surface area contributed by atoms with Crippen LogP contribution >= 0.6 is 23.2 Å². The average Bonchev–Trinajstić information content (AvgIpc) is 2.89. The maximum atomic E-state index is 12.5. The third kappa shape index (κ3) is 6.80. The maximum absolute atomic E-state index is 12.5. The van der Waals surface area contributed by atoms with Crippen molar-refractivity contribution < 1.29 is 14.7 Å². The number of anilines is 3. The van der Waals surface area contributed by atoms with Crippen molar-refractivity contribution in [2.45, 2.75) is 25.3 Å². The van der Waals surface area contributed by atoms with Crippen molar-refractivity contribution in [3.8, 4) is 11.3 Å². The molecule has 0 radical (unpaired) electrons. The molecular formula is C27H28Cl2N6O3. The molecule has 38 heavy (non-hydrogen) atoms. The zero-order chi connectivity index (χ0) is 27.3. The van der Waals surface area contributed by atoms with Gasteiger partial charge in [0.25, 0.3) is 0 Å². The van der Waals surface area contributed by atoms with Gasteiger partial charge in [0.05, 0.1) is 22.8 Å². The lowest BCUT2D eigenvalue weighted by Crippen LogP contribution is -2.53. The van der Waals surface area contributed by atoms with Gasteiger partial charge in [-0.25, -0.2) is 14.8 Å². The van der Waals surface area contributed by atoms with E-state index in [4.69, 9.17) is 34.0 Å². The molecule has 198 valence electrons. The first-order valence-corrected chi connectivity index (χ1v) is 12.8. The van der Waals surface area contributed by atoms with Gasteiger partial charge in [-0.3, -0.25) is 4.79 Å². The van der Waals surface area contributed by atoms with Gasteiger partial charge >= 0.3 is 5.97 Å². The number of carbonyl (C=O) groups excluding carboxylic acids is 1. The monoisotopic (exact) mass is 554 g/mol. The van der Waals surface area contributed by atoms with E-state index in [9.17, 15) is 9.59 Å². The average molecular weight is 555 g/mol. The maximum Gasteiger partial charge on any atom is 0.328 e. The third-order valence-corrected chi connectivity index (χ3v) is 7.29.